The third-order valence-electron chi connectivity index (χ3n) is 13.5. The Morgan fingerprint density at radius 2 is 0.650 bits per heavy atom. The Bertz CT molecular complexity index is 2920. The van der Waals surface area contributed by atoms with E-state index in [-0.39, 0.29) is 59.5 Å². The lowest BCUT2D eigenvalue weighted by Crippen LogP contribution is -2.25. The van der Waals surface area contributed by atoms with Crippen LogP contribution in [0.2, 0.25) is 0 Å². The normalized spacial score (nSPS) is 13.0. The number of carbonyl (C=O) groups excluding carboxylic acids is 6. The van der Waals surface area contributed by atoms with E-state index in [1.54, 1.807) is 36.4 Å². The van der Waals surface area contributed by atoms with Gasteiger partial charge in [0.2, 0.25) is 0 Å². The van der Waals surface area contributed by atoms with Crippen molar-refractivity contribution in [3.63, 3.8) is 0 Å². The number of carbonyl (C=O) groups is 6. The molecule has 33 nitrogen and oxygen atoms in total. The number of phosphoric ester groups is 3. The second-order valence-corrected chi connectivity index (χ2v) is 27.3. The summed E-state index contributed by atoms with van der Waals surface area (Å²) in [4.78, 5) is 105. The van der Waals surface area contributed by atoms with Crippen molar-refractivity contribution in [2.75, 3.05) is 92.7 Å². The molecule has 3 rings (SSSR count). The number of ether oxygens (including phenoxy) is 9. The minimum Gasteiger partial charge on any atom is -0.756 e. The highest BCUT2D eigenvalue weighted by Gasteiger charge is 2.18. The summed E-state index contributed by atoms with van der Waals surface area (Å²) in [7, 11) is -13.3. The lowest BCUT2D eigenvalue weighted by Gasteiger charge is -2.23. The molecule has 0 spiro atoms. The summed E-state index contributed by atoms with van der Waals surface area (Å²) in [6.07, 6.45) is 7.33. The first-order valence-corrected chi connectivity index (χ1v) is 38.4. The third-order valence-corrected chi connectivity index (χ3v) is 16.4. The maximum atomic E-state index is 11.9. The van der Waals surface area contributed by atoms with Crippen LogP contribution in [0.15, 0.2) is 36.4 Å². The molecule has 0 aliphatic carbocycles. The molecule has 4 atom stereocenters. The summed E-state index contributed by atoms with van der Waals surface area (Å²) >= 11 is 0. The molecule has 0 heterocycles. The maximum absolute atomic E-state index is 11.9. The van der Waals surface area contributed by atoms with E-state index in [1.807, 2.05) is 62.3 Å². The monoisotopic (exact) mass is 1530 g/mol. The lowest BCUT2D eigenvalue weighted by molar-refractivity contribution is -0.239. The second-order valence-electron chi connectivity index (χ2n) is 23.1. The Labute approximate surface area is 603 Å². The summed E-state index contributed by atoms with van der Waals surface area (Å²) in [6.45, 7) is 18.6. The van der Waals surface area contributed by atoms with Crippen LogP contribution in [-0.2, 0) is 103 Å². The van der Waals surface area contributed by atoms with Crippen LogP contribution < -0.4 is 44.8 Å². The number of nitrogens with one attached hydrogen (secondary N) is 3. The highest BCUT2D eigenvalue weighted by molar-refractivity contribution is 7.46. The number of alkyl carbamates (subject to hydrolysis) is 3. The van der Waals surface area contributed by atoms with Gasteiger partial charge in [-0.05, 0) is 193 Å². The number of rotatable bonds is 51. The molecule has 6 N–H and O–H groups in total. The quantitative estimate of drug-likeness (QED) is 0.00766. The number of unbranched alkanes of at least 4 members (excludes halogenated alkanes) is 9. The highest BCUT2D eigenvalue weighted by atomic mass is 31.2. The molecule has 0 radical (unpaired) electrons. The van der Waals surface area contributed by atoms with Gasteiger partial charge in [-0.25, -0.2) is 28.8 Å². The molecule has 4 unspecified atom stereocenters. The van der Waals surface area contributed by atoms with Crippen LogP contribution in [-0.4, -0.2) is 150 Å². The van der Waals surface area contributed by atoms with Crippen LogP contribution in [0, 0.1) is 41.5 Å². The second kappa shape index (κ2) is 55.4. The Morgan fingerprint density at radius 1 is 0.398 bits per heavy atom. The Kier molecular flexibility index (Phi) is 51.1. The predicted molar refractivity (Wildman–Crippen MR) is 368 cm³/mol. The molecule has 0 aromatic heterocycles. The summed E-state index contributed by atoms with van der Waals surface area (Å²) in [5.41, 5.74) is 6.83. The van der Waals surface area contributed by atoms with Crippen molar-refractivity contribution < 1.29 is 142 Å². The van der Waals surface area contributed by atoms with E-state index in [2.05, 4.69) is 43.1 Å². The maximum Gasteiger partial charge on any atom is 0.407 e. The molecule has 0 fully saturated rings. The van der Waals surface area contributed by atoms with E-state index in [0.717, 1.165) is 88.6 Å². The number of aliphatic hydroxyl groups excluding tert-OH is 3. The number of amides is 3. The number of aliphatic hydroxyl groups is 3. The van der Waals surface area contributed by atoms with Crippen molar-refractivity contribution in [2.45, 2.75) is 192 Å². The molecule has 0 aliphatic heterocycles. The van der Waals surface area contributed by atoms with Crippen molar-refractivity contribution in [2.24, 2.45) is 0 Å². The van der Waals surface area contributed by atoms with E-state index in [1.165, 1.54) is 6.92 Å². The molecular weight excluding hydrogens is 1420 g/mol. The first-order valence-electron chi connectivity index (χ1n) is 34.0. The van der Waals surface area contributed by atoms with Crippen LogP contribution in [0.1, 0.15) is 174 Å². The molecule has 3 aromatic carbocycles. The topological polar surface area (TPSA) is 458 Å². The number of hydrogen-bond acceptors (Lipinski definition) is 30. The fourth-order valence-electron chi connectivity index (χ4n) is 9.06. The van der Waals surface area contributed by atoms with Crippen molar-refractivity contribution >= 4 is 59.7 Å². The van der Waals surface area contributed by atoms with Crippen LogP contribution in [0.3, 0.4) is 0 Å². The highest BCUT2D eigenvalue weighted by Crippen LogP contribution is 2.40. The van der Waals surface area contributed by atoms with Gasteiger partial charge >= 0.3 is 36.2 Å². The van der Waals surface area contributed by atoms with E-state index in [0.29, 0.717) is 114 Å². The van der Waals surface area contributed by atoms with Crippen LogP contribution in [0.25, 0.3) is 0 Å². The van der Waals surface area contributed by atoms with Crippen LogP contribution in [0.5, 0.6) is 17.2 Å². The number of esters is 3. The van der Waals surface area contributed by atoms with Gasteiger partial charge in [-0.3, -0.25) is 27.3 Å². The van der Waals surface area contributed by atoms with Gasteiger partial charge in [-0.15, -0.1) is 0 Å². The zero-order valence-corrected chi connectivity index (χ0v) is 63.6. The van der Waals surface area contributed by atoms with Crippen molar-refractivity contribution in [3.8, 4) is 17.2 Å². The minimum atomic E-state index is -4.48. The molecule has 0 bridgehead atoms. The molecule has 3 aromatic rings. The van der Waals surface area contributed by atoms with Gasteiger partial charge in [0.1, 0.15) is 56.9 Å². The summed E-state index contributed by atoms with van der Waals surface area (Å²) in [5.74, 6) is 0.0391. The molecule has 36 heteroatoms. The first kappa shape index (κ1) is 95.0. The standard InChI is InChI=1S/C23H38NO10P.2C22H36NO10P/c1-5-11-30-16-21(26)33-22-17(2)13-20(14-18(22)3)15-31-23(27)24-10-8-6-7-9-12-32-35(28,29)34-19(4)25;2*1-4-10-29-15-20(25)33-21-17(2)12-19(13-18(21)3)14-30-22(26)23-9-7-5-6-8-11-31-34(27,28)32-16-24/h13-14,19,25H,5-12,15-16H2,1-4H3,(H,24,27)(H,28,29);2*12-13,24H,4-11,14-16H2,1-3H3,(H,23,26)(H,27,28)/p-3. The van der Waals surface area contributed by atoms with E-state index in [4.69, 9.17) is 58.0 Å². The minimum absolute atomic E-state index is 0.0281. The van der Waals surface area contributed by atoms with Crippen molar-refractivity contribution in [3.05, 3.63) is 86.5 Å². The summed E-state index contributed by atoms with van der Waals surface area (Å²) in [6, 6.07) is 10.8. The average Bonchev–Trinajstić information content (AvgIpc) is 0.850. The zero-order valence-electron chi connectivity index (χ0n) is 60.9. The van der Waals surface area contributed by atoms with E-state index >= 15 is 0 Å². The van der Waals surface area contributed by atoms with Crippen molar-refractivity contribution in [1.82, 2.24) is 16.0 Å². The predicted octanol–water partition coefficient (Wildman–Crippen LogP) is 9.01. The Morgan fingerprint density at radius 3 is 0.893 bits per heavy atom. The largest absolute Gasteiger partial charge is 0.756 e. The molecule has 3 amide bonds. The van der Waals surface area contributed by atoms with Gasteiger partial charge in [0.25, 0.3) is 23.5 Å². The van der Waals surface area contributed by atoms with Gasteiger partial charge in [-0.1, -0.05) is 59.3 Å². The summed E-state index contributed by atoms with van der Waals surface area (Å²) in [5, 5.41) is 33.7. The number of hydrogen-bond donors (Lipinski definition) is 6. The molecular formula is C67H107N3O30P3-3. The average molecular weight is 1530 g/mol. The van der Waals surface area contributed by atoms with Gasteiger partial charge in [0, 0.05) is 39.5 Å². The molecule has 103 heavy (non-hydrogen) atoms. The number of phosphoric acid groups is 3. The van der Waals surface area contributed by atoms with E-state index < -0.39 is 79.5 Å². The molecule has 0 saturated heterocycles. The van der Waals surface area contributed by atoms with Gasteiger partial charge < -0.3 is 102 Å². The zero-order chi connectivity index (χ0) is 77.1. The first-order chi connectivity index (χ1) is 48.9. The van der Waals surface area contributed by atoms with Crippen molar-refractivity contribution in [1.29, 1.82) is 0 Å². The third kappa shape index (κ3) is 47.9. The van der Waals surface area contributed by atoms with Gasteiger partial charge in [0.15, 0.2) is 19.9 Å². The Balaban J connectivity index is 0.000000773. The molecule has 0 aliphatic rings. The van der Waals surface area contributed by atoms with Crippen LogP contribution >= 0.6 is 23.5 Å². The Hall–Kier alpha value is -6.03. The summed E-state index contributed by atoms with van der Waals surface area (Å²) < 4.78 is 107. The smallest absolute Gasteiger partial charge is 0.407 e. The number of benzene rings is 3. The van der Waals surface area contributed by atoms with Crippen LogP contribution in [0.4, 0.5) is 14.4 Å². The molecule has 588 valence electrons. The van der Waals surface area contributed by atoms with Gasteiger partial charge in [0.05, 0.1) is 19.8 Å². The van der Waals surface area contributed by atoms with Gasteiger partial charge in [-0.2, -0.15) is 0 Å². The lowest BCUT2D eigenvalue weighted by atomic mass is 10.1. The SMILES string of the molecule is CCCOCC(=O)Oc1c(C)cc(COC(=O)NCCCCCCOP(=O)([O-])OC(C)O)cc1C.CCCOCC(=O)Oc1c(C)cc(COC(=O)NCCCCCCOP(=O)([O-])OCO)cc1C.CCCOCC(=O)Oc1c(C)cc(COC(=O)NCCCCCCOP(=O)([O-])OCO)cc1C. The number of aryl methyl sites for hydroxylation is 6. The molecule has 0 saturated carbocycles. The fourth-order valence-corrected chi connectivity index (χ4v) is 11.0. The fraction of sp³-hybridized carbons (Fsp3) is 0.642. The van der Waals surface area contributed by atoms with E-state index in [9.17, 15) is 57.1 Å².